The van der Waals surface area contributed by atoms with E-state index in [2.05, 4.69) is 9.98 Å². The summed E-state index contributed by atoms with van der Waals surface area (Å²) in [6.45, 7) is 3.62. The minimum absolute atomic E-state index is 0.0574. The molecule has 1 aliphatic carbocycles. The van der Waals surface area contributed by atoms with Gasteiger partial charge in [0.2, 0.25) is 0 Å². The number of aromatic nitrogens is 2. The fourth-order valence-corrected chi connectivity index (χ4v) is 4.64. The number of hydrogen-bond acceptors (Lipinski definition) is 4. The second-order valence-electron chi connectivity index (χ2n) is 9.14. The molecule has 8 heteroatoms. The maximum atomic E-state index is 15.4. The Hall–Kier alpha value is -3.84. The van der Waals surface area contributed by atoms with E-state index in [1.54, 1.807) is 57.7 Å². The van der Waals surface area contributed by atoms with Crippen LogP contribution in [-0.4, -0.2) is 40.2 Å². The minimum atomic E-state index is -0.678. The van der Waals surface area contributed by atoms with Crippen molar-refractivity contribution in [1.82, 2.24) is 14.5 Å². The molecule has 1 fully saturated rings. The zero-order chi connectivity index (χ0) is 26.7. The Morgan fingerprint density at radius 1 is 1.19 bits per heavy atom. The highest BCUT2D eigenvalue weighted by Gasteiger charge is 2.41. The van der Waals surface area contributed by atoms with E-state index in [0.29, 0.717) is 11.6 Å². The Balaban J connectivity index is 1.69. The number of hydrogen-bond donors (Lipinski definition) is 0. The second-order valence-corrected chi connectivity index (χ2v) is 9.52. The van der Waals surface area contributed by atoms with Crippen LogP contribution in [0, 0.1) is 12.7 Å². The summed E-state index contributed by atoms with van der Waals surface area (Å²) in [6, 6.07) is 10.5. The number of rotatable bonds is 7. The lowest BCUT2D eigenvalue weighted by Crippen LogP contribution is -2.23. The molecule has 2 aromatic heterocycles. The highest BCUT2D eigenvalue weighted by molar-refractivity contribution is 6.31. The molecular formula is C29H28ClFN4O2. The van der Waals surface area contributed by atoms with Crippen LogP contribution in [0.2, 0.25) is 5.02 Å². The third kappa shape index (κ3) is 5.47. The van der Waals surface area contributed by atoms with Crippen LogP contribution in [0.25, 0.3) is 6.20 Å². The molecule has 1 saturated carbocycles. The summed E-state index contributed by atoms with van der Waals surface area (Å²) >= 11 is 6.56. The highest BCUT2D eigenvalue weighted by Crippen LogP contribution is 2.55. The summed E-state index contributed by atoms with van der Waals surface area (Å²) in [6.07, 6.45) is 10.8. The molecule has 2 unspecified atom stereocenters. The number of amides is 1. The van der Waals surface area contributed by atoms with Crippen molar-refractivity contribution in [1.29, 1.82) is 0 Å². The van der Waals surface area contributed by atoms with E-state index in [0.717, 1.165) is 12.0 Å². The van der Waals surface area contributed by atoms with Gasteiger partial charge in [0.05, 0.1) is 11.3 Å². The molecule has 0 N–H and O–H groups in total. The smallest absolute Gasteiger partial charge is 0.273 e. The predicted molar refractivity (Wildman–Crippen MR) is 146 cm³/mol. The molecule has 2 atom stereocenters. The fraction of sp³-hybridized carbons (Fsp3) is 0.241. The molecule has 1 aliphatic rings. The normalized spacial score (nSPS) is 17.5. The average molecular weight is 519 g/mol. The molecule has 2 heterocycles. The van der Waals surface area contributed by atoms with Crippen molar-refractivity contribution in [3.8, 4) is 0 Å². The van der Waals surface area contributed by atoms with Crippen LogP contribution < -0.4 is 5.56 Å². The van der Waals surface area contributed by atoms with E-state index in [9.17, 15) is 9.59 Å². The van der Waals surface area contributed by atoms with E-state index in [1.165, 1.54) is 33.5 Å². The number of carbonyl (C=O) groups excluding carboxylic acids is 1. The Morgan fingerprint density at radius 2 is 1.89 bits per heavy atom. The van der Waals surface area contributed by atoms with Gasteiger partial charge >= 0.3 is 0 Å². The van der Waals surface area contributed by atoms with Gasteiger partial charge in [0.25, 0.3) is 11.5 Å². The first-order valence-electron chi connectivity index (χ1n) is 11.9. The predicted octanol–water partition coefficient (Wildman–Crippen LogP) is 5.81. The maximum Gasteiger partial charge on any atom is 0.273 e. The van der Waals surface area contributed by atoms with Crippen molar-refractivity contribution in [3.63, 3.8) is 0 Å². The van der Waals surface area contributed by atoms with Crippen molar-refractivity contribution in [2.24, 2.45) is 4.99 Å². The largest absolute Gasteiger partial charge is 0.345 e. The van der Waals surface area contributed by atoms with Gasteiger partial charge in [0, 0.05) is 50.1 Å². The zero-order valence-corrected chi connectivity index (χ0v) is 21.9. The molecule has 37 heavy (non-hydrogen) atoms. The van der Waals surface area contributed by atoms with Crippen molar-refractivity contribution < 1.29 is 9.18 Å². The Bertz CT molecular complexity index is 1480. The molecule has 0 aliphatic heterocycles. The summed E-state index contributed by atoms with van der Waals surface area (Å²) in [5, 5.41) is 0.175. The quantitative estimate of drug-likeness (QED) is 0.371. The third-order valence-electron chi connectivity index (χ3n) is 6.38. The lowest BCUT2D eigenvalue weighted by atomic mass is 10.0. The lowest BCUT2D eigenvalue weighted by molar-refractivity contribution is 0.0823. The Labute approximate surface area is 220 Å². The van der Waals surface area contributed by atoms with E-state index < -0.39 is 11.7 Å². The maximum absolute atomic E-state index is 15.4. The Kier molecular flexibility index (Phi) is 7.83. The number of aliphatic imine (C=N–C) groups is 1. The van der Waals surface area contributed by atoms with Crippen LogP contribution in [0.1, 0.15) is 57.9 Å². The van der Waals surface area contributed by atoms with E-state index in [-0.39, 0.29) is 33.3 Å². The van der Waals surface area contributed by atoms with Crippen LogP contribution in [0.4, 0.5) is 4.39 Å². The molecule has 1 amide bonds. The number of benzene rings is 1. The first-order chi connectivity index (χ1) is 17.7. The number of allylic oxidation sites excluding steroid dienone is 2. The number of pyridine rings is 2. The summed E-state index contributed by atoms with van der Waals surface area (Å²) in [4.78, 5) is 35.4. The van der Waals surface area contributed by atoms with Crippen molar-refractivity contribution in [3.05, 3.63) is 116 Å². The van der Waals surface area contributed by atoms with Gasteiger partial charge < -0.3 is 4.90 Å². The van der Waals surface area contributed by atoms with Crippen LogP contribution >= 0.6 is 11.6 Å². The molecule has 190 valence electrons. The first-order valence-corrected chi connectivity index (χ1v) is 12.3. The van der Waals surface area contributed by atoms with Gasteiger partial charge in [-0.25, -0.2) is 4.39 Å². The van der Waals surface area contributed by atoms with Gasteiger partial charge in [-0.15, -0.1) is 0 Å². The lowest BCUT2D eigenvalue weighted by Gasteiger charge is -2.13. The van der Waals surface area contributed by atoms with Crippen molar-refractivity contribution in [2.45, 2.75) is 32.1 Å². The Morgan fingerprint density at radius 3 is 2.57 bits per heavy atom. The number of carbonyl (C=O) groups is 1. The first kappa shape index (κ1) is 26.2. The summed E-state index contributed by atoms with van der Waals surface area (Å²) in [5.74, 6) is -0.640. The van der Waals surface area contributed by atoms with Gasteiger partial charge in [-0.05, 0) is 79.6 Å². The van der Waals surface area contributed by atoms with Gasteiger partial charge in [0.15, 0.2) is 0 Å². The number of nitrogens with zero attached hydrogens (tertiary/aromatic N) is 4. The molecule has 0 spiro atoms. The molecule has 0 radical (unpaired) electrons. The van der Waals surface area contributed by atoms with E-state index in [4.69, 9.17) is 11.6 Å². The molecule has 0 bridgehead atoms. The third-order valence-corrected chi connectivity index (χ3v) is 6.76. The van der Waals surface area contributed by atoms with Crippen LogP contribution in [0.3, 0.4) is 0 Å². The molecule has 4 rings (SSSR count). The summed E-state index contributed by atoms with van der Waals surface area (Å²) in [7, 11) is 3.12. The number of halogens is 2. The average Bonchev–Trinajstić information content (AvgIpc) is 3.69. The van der Waals surface area contributed by atoms with Crippen LogP contribution in [0.5, 0.6) is 0 Å². The van der Waals surface area contributed by atoms with E-state index >= 15 is 4.39 Å². The zero-order valence-electron chi connectivity index (χ0n) is 21.2. The minimum Gasteiger partial charge on any atom is -0.345 e. The molecule has 3 aromatic rings. The molecule has 1 aromatic carbocycles. The highest BCUT2D eigenvalue weighted by atomic mass is 35.5. The summed E-state index contributed by atoms with van der Waals surface area (Å²) < 4.78 is 16.8. The molecular weight excluding hydrogens is 491 g/mol. The topological polar surface area (TPSA) is 67.6 Å². The van der Waals surface area contributed by atoms with Crippen molar-refractivity contribution >= 4 is 29.4 Å². The van der Waals surface area contributed by atoms with Gasteiger partial charge in [-0.2, -0.15) is 0 Å². The monoisotopic (exact) mass is 518 g/mol. The summed E-state index contributed by atoms with van der Waals surface area (Å²) in [5.41, 5.74) is 2.71. The van der Waals surface area contributed by atoms with Gasteiger partial charge in [-0.1, -0.05) is 23.7 Å². The fourth-order valence-electron chi connectivity index (χ4n) is 4.36. The molecule has 0 saturated heterocycles. The van der Waals surface area contributed by atoms with E-state index in [1.807, 2.05) is 25.1 Å². The SMILES string of the molecule is C/C=C/N=C(/C=C/n1c(C)cc(C2CC2c2ccncc2)c(Cl)c1=O)c1cccc(C(=O)N(C)C)c1F. The molecule has 6 nitrogen and oxygen atoms in total. The van der Waals surface area contributed by atoms with Crippen LogP contribution in [-0.2, 0) is 0 Å². The van der Waals surface area contributed by atoms with Gasteiger partial charge in [-0.3, -0.25) is 24.1 Å². The second kappa shape index (κ2) is 11.0. The van der Waals surface area contributed by atoms with Crippen molar-refractivity contribution in [2.75, 3.05) is 14.1 Å². The standard InChI is InChI=1S/C29H28ClFN4O2/c1-5-12-33-25(20-7-6-8-21(27(20)31)28(36)34(3)4)11-15-35-18(2)16-24(26(30)29(35)37)23-17-22(23)19-9-13-32-14-10-19/h5-16,22-23H,17H2,1-4H3/b12-5+,15-11+,33-25-. The van der Waals surface area contributed by atoms with Gasteiger partial charge in [0.1, 0.15) is 10.8 Å². The van der Waals surface area contributed by atoms with Crippen LogP contribution in [0.15, 0.2) is 76.9 Å². The number of aryl methyl sites for hydroxylation is 1.